The van der Waals surface area contributed by atoms with E-state index in [1.165, 1.54) is 27.7 Å². The summed E-state index contributed by atoms with van der Waals surface area (Å²) < 4.78 is 0. The molecule has 0 saturated carbocycles. The third-order valence-corrected chi connectivity index (χ3v) is 1.39. The van der Waals surface area contributed by atoms with Gasteiger partial charge in [0.25, 0.3) is 0 Å². The average Bonchev–Trinajstić information content (AvgIpc) is 2.40. The van der Waals surface area contributed by atoms with E-state index >= 15 is 0 Å². The summed E-state index contributed by atoms with van der Waals surface area (Å²) in [4.78, 5) is 38.0. The Morgan fingerprint density at radius 3 is 0.520 bits per heavy atom. The van der Waals surface area contributed by atoms with Crippen molar-refractivity contribution in [2.24, 2.45) is 0 Å². The van der Waals surface area contributed by atoms with Crippen molar-refractivity contribution in [1.29, 1.82) is 0 Å². The molecule has 8 nitrogen and oxygen atoms in total. The van der Waals surface area contributed by atoms with Gasteiger partial charge in [0.15, 0.2) is 0 Å². The molecule has 9 heteroatoms. The number of carbonyl (C=O) groups is 4. The first-order valence-electron chi connectivity index (χ1n) is 6.05. The zero-order chi connectivity index (χ0) is 20.6. The van der Waals surface area contributed by atoms with Gasteiger partial charge in [-0.25, -0.2) is 0 Å². The van der Waals surface area contributed by atoms with Gasteiger partial charge in [-0.05, 0) is 50.0 Å². The standard InChI is InChI=1S/4C4H6O2.Mo/c4*1-3(2)4(5)6;/h4*1H2,2H3,(H,5,6);/q;;;;+4/p-4. The fourth-order valence-electron chi connectivity index (χ4n) is 0. The van der Waals surface area contributed by atoms with Crippen molar-refractivity contribution in [2.45, 2.75) is 27.7 Å². The minimum absolute atomic E-state index is 0. The van der Waals surface area contributed by atoms with Crippen LogP contribution in [0.4, 0.5) is 0 Å². The third kappa shape index (κ3) is 44.9. The normalized spacial score (nSPS) is 7.20. The average molecular weight is 436 g/mol. The number of carboxylic acids is 4. The molecule has 0 aliphatic carbocycles. The Morgan fingerprint density at radius 1 is 0.480 bits per heavy atom. The maximum atomic E-state index is 9.49. The van der Waals surface area contributed by atoms with Gasteiger partial charge in [-0.3, -0.25) is 0 Å². The van der Waals surface area contributed by atoms with Gasteiger partial charge in [-0.1, -0.05) is 26.3 Å². The molecule has 0 aliphatic rings. The molecule has 0 N–H and O–H groups in total. The van der Waals surface area contributed by atoms with Gasteiger partial charge < -0.3 is 39.6 Å². The van der Waals surface area contributed by atoms with E-state index in [1.807, 2.05) is 0 Å². The van der Waals surface area contributed by atoms with Crippen LogP contribution in [0.25, 0.3) is 0 Å². The van der Waals surface area contributed by atoms with E-state index in [0.717, 1.165) is 0 Å². The topological polar surface area (TPSA) is 161 Å². The van der Waals surface area contributed by atoms with Crippen LogP contribution in [0.15, 0.2) is 48.6 Å². The molecule has 0 aromatic heterocycles. The van der Waals surface area contributed by atoms with Crippen molar-refractivity contribution >= 4 is 23.9 Å². The monoisotopic (exact) mass is 438 g/mol. The first kappa shape index (κ1) is 34.0. The molecule has 0 spiro atoms. The number of hydrogen-bond donors (Lipinski definition) is 0. The fraction of sp³-hybridized carbons (Fsp3) is 0.250. The van der Waals surface area contributed by atoms with Crippen molar-refractivity contribution < 1.29 is 60.7 Å². The van der Waals surface area contributed by atoms with Crippen LogP contribution in [-0.4, -0.2) is 23.9 Å². The summed E-state index contributed by atoms with van der Waals surface area (Å²) in [6, 6.07) is 0. The van der Waals surface area contributed by atoms with Crippen LogP contribution in [0.5, 0.6) is 0 Å². The Morgan fingerprint density at radius 2 is 0.520 bits per heavy atom. The van der Waals surface area contributed by atoms with E-state index in [-0.39, 0.29) is 43.4 Å². The molecule has 0 aromatic carbocycles. The summed E-state index contributed by atoms with van der Waals surface area (Å²) in [5.41, 5.74) is 0.259. The molecule has 0 heterocycles. The van der Waals surface area contributed by atoms with Gasteiger partial charge >= 0.3 is 21.1 Å². The number of carboxylic acid groups (broad SMARTS) is 4. The van der Waals surface area contributed by atoms with Crippen LogP contribution >= 0.6 is 0 Å². The van der Waals surface area contributed by atoms with E-state index in [2.05, 4.69) is 26.3 Å². The van der Waals surface area contributed by atoms with E-state index in [1.54, 1.807) is 0 Å². The third-order valence-electron chi connectivity index (χ3n) is 1.39. The van der Waals surface area contributed by atoms with Crippen molar-refractivity contribution in [1.82, 2.24) is 0 Å². The molecule has 0 amide bonds. The minimum Gasteiger partial charge on any atom is -0.545 e. The molecule has 0 atom stereocenters. The molecule has 0 bridgehead atoms. The van der Waals surface area contributed by atoms with Gasteiger partial charge in [-0.15, -0.1) is 0 Å². The summed E-state index contributed by atoms with van der Waals surface area (Å²) in [6.45, 7) is 17.9. The Kier molecular flexibility index (Phi) is 26.6. The fourth-order valence-corrected chi connectivity index (χ4v) is 0. The van der Waals surface area contributed by atoms with E-state index in [9.17, 15) is 39.6 Å². The summed E-state index contributed by atoms with van der Waals surface area (Å²) in [6.07, 6.45) is 0. The molecule has 0 aliphatic heterocycles. The molecule has 25 heavy (non-hydrogen) atoms. The van der Waals surface area contributed by atoms with Crippen LogP contribution in [0.1, 0.15) is 27.7 Å². The molecule has 0 rings (SSSR count). The molecule has 0 radical (unpaired) electrons. The van der Waals surface area contributed by atoms with Crippen LogP contribution in [0, 0.1) is 0 Å². The zero-order valence-electron chi connectivity index (χ0n) is 14.5. The second-order valence-corrected chi connectivity index (χ2v) is 4.27. The number of hydrogen-bond acceptors (Lipinski definition) is 8. The molecule has 0 fully saturated rings. The summed E-state index contributed by atoms with van der Waals surface area (Å²) in [7, 11) is 0. The predicted octanol–water partition coefficient (Wildman–Crippen LogP) is -2.75. The summed E-state index contributed by atoms with van der Waals surface area (Å²) in [5, 5.41) is 38.0. The molecular formula is C16H20MoO8. The molecule has 0 unspecified atom stereocenters. The van der Waals surface area contributed by atoms with Gasteiger partial charge in [0.2, 0.25) is 0 Å². The Bertz CT molecular complexity index is 388. The Balaban J connectivity index is -0.0000000702. The molecule has 138 valence electrons. The quantitative estimate of drug-likeness (QED) is 0.339. The van der Waals surface area contributed by atoms with E-state index in [4.69, 9.17) is 0 Å². The smallest absolute Gasteiger partial charge is 0.545 e. The maximum Gasteiger partial charge on any atom is 4.00 e. The minimum atomic E-state index is -1.19. The summed E-state index contributed by atoms with van der Waals surface area (Å²) in [5.74, 6) is -4.74. The number of carbonyl (C=O) groups excluding carboxylic acids is 4. The van der Waals surface area contributed by atoms with Crippen molar-refractivity contribution in [3.05, 3.63) is 48.6 Å². The van der Waals surface area contributed by atoms with Crippen molar-refractivity contribution in [3.8, 4) is 0 Å². The van der Waals surface area contributed by atoms with E-state index < -0.39 is 23.9 Å². The number of rotatable bonds is 4. The van der Waals surface area contributed by atoms with Gasteiger partial charge in [-0.2, -0.15) is 0 Å². The van der Waals surface area contributed by atoms with Crippen LogP contribution in [0.3, 0.4) is 0 Å². The van der Waals surface area contributed by atoms with E-state index in [0.29, 0.717) is 0 Å². The summed E-state index contributed by atoms with van der Waals surface area (Å²) >= 11 is 0. The van der Waals surface area contributed by atoms with Crippen molar-refractivity contribution in [2.75, 3.05) is 0 Å². The van der Waals surface area contributed by atoms with Crippen molar-refractivity contribution in [3.63, 3.8) is 0 Å². The SMILES string of the molecule is C=C(C)C(=O)[O-].C=C(C)C(=O)[O-].C=C(C)C(=O)[O-].C=C(C)C(=O)[O-].[Mo+4]. The molecule has 0 saturated heterocycles. The molecule has 0 aromatic rings. The van der Waals surface area contributed by atoms with Crippen LogP contribution in [-0.2, 0) is 40.2 Å². The largest absolute Gasteiger partial charge is 4.00 e. The maximum absolute atomic E-state index is 9.49. The van der Waals surface area contributed by atoms with Gasteiger partial charge in [0, 0.05) is 0 Å². The number of aliphatic carboxylic acids is 4. The van der Waals surface area contributed by atoms with Gasteiger partial charge in [0.05, 0.1) is 23.9 Å². The van der Waals surface area contributed by atoms with Crippen LogP contribution < -0.4 is 20.4 Å². The van der Waals surface area contributed by atoms with Gasteiger partial charge in [0.1, 0.15) is 0 Å². The first-order chi connectivity index (χ1) is 10.6. The predicted molar refractivity (Wildman–Crippen MR) is 79.3 cm³/mol. The first-order valence-corrected chi connectivity index (χ1v) is 6.05. The molecular weight excluding hydrogens is 416 g/mol. The second-order valence-electron chi connectivity index (χ2n) is 4.27. The Labute approximate surface area is 161 Å². The zero-order valence-corrected chi connectivity index (χ0v) is 16.5. The second kappa shape index (κ2) is 19.6. The Hall–Kier alpha value is -2.47. The van der Waals surface area contributed by atoms with Crippen LogP contribution in [0.2, 0.25) is 0 Å².